The molecule has 1 amide bonds. The normalized spacial score (nSPS) is 10.5. The summed E-state index contributed by atoms with van der Waals surface area (Å²) in [5.74, 6) is 0.806. The lowest BCUT2D eigenvalue weighted by molar-refractivity contribution is 0.0977. The molecule has 3 rings (SSSR count). The lowest BCUT2D eigenvalue weighted by Crippen LogP contribution is -2.34. The van der Waals surface area contributed by atoms with E-state index < -0.39 is 0 Å². The molecule has 3 N–H and O–H groups in total. The maximum atomic E-state index is 12.2. The zero-order valence-corrected chi connectivity index (χ0v) is 16.0. The van der Waals surface area contributed by atoms with Crippen LogP contribution in [0, 0.1) is 6.92 Å². The van der Waals surface area contributed by atoms with Crippen molar-refractivity contribution in [2.24, 2.45) is 0 Å². The minimum absolute atomic E-state index is 0.155. The van der Waals surface area contributed by atoms with Crippen LogP contribution >= 0.6 is 23.8 Å². The van der Waals surface area contributed by atoms with Crippen LogP contribution in [-0.4, -0.2) is 16.1 Å². The number of halogens is 1. The summed E-state index contributed by atoms with van der Waals surface area (Å²) >= 11 is 11.1. The molecule has 27 heavy (non-hydrogen) atoms. The van der Waals surface area contributed by atoms with Crippen LogP contribution in [0.1, 0.15) is 21.7 Å². The molecule has 1 aromatic heterocycles. The predicted octanol–water partition coefficient (Wildman–Crippen LogP) is 4.53. The number of thiocarbonyl (C=S) groups is 1. The Balaban J connectivity index is 1.72. The second-order valence-corrected chi connectivity index (χ2v) is 6.71. The third-order valence-electron chi connectivity index (χ3n) is 3.92. The number of carbonyl (C=O) groups excluding carboxylic acids is 1. The van der Waals surface area contributed by atoms with Crippen LogP contribution in [0.4, 0.5) is 5.69 Å². The van der Waals surface area contributed by atoms with Gasteiger partial charge in [0.15, 0.2) is 5.11 Å². The molecule has 0 unspecified atom stereocenters. The first kappa shape index (κ1) is 19.1. The van der Waals surface area contributed by atoms with Crippen molar-refractivity contribution in [3.05, 3.63) is 76.5 Å². The van der Waals surface area contributed by atoms with E-state index in [1.54, 1.807) is 36.4 Å². The first-order chi connectivity index (χ1) is 13.0. The molecule has 1 heterocycles. The summed E-state index contributed by atoms with van der Waals surface area (Å²) in [4.78, 5) is 12.2. The molecule has 0 atom stereocenters. The van der Waals surface area contributed by atoms with E-state index in [-0.39, 0.29) is 17.6 Å². The van der Waals surface area contributed by atoms with Gasteiger partial charge in [-0.25, -0.2) is 0 Å². The zero-order chi connectivity index (χ0) is 19.4. The van der Waals surface area contributed by atoms with Gasteiger partial charge < -0.3 is 14.8 Å². The number of aliphatic hydroxyl groups is 1. The fourth-order valence-corrected chi connectivity index (χ4v) is 2.79. The topological polar surface area (TPSA) is 74.5 Å². The van der Waals surface area contributed by atoms with Crippen LogP contribution in [0.2, 0.25) is 5.02 Å². The summed E-state index contributed by atoms with van der Waals surface area (Å²) in [6.45, 7) is 1.77. The Hall–Kier alpha value is -2.67. The first-order valence-electron chi connectivity index (χ1n) is 8.15. The van der Waals surface area contributed by atoms with Crippen LogP contribution in [0.25, 0.3) is 11.3 Å². The molecule has 0 saturated heterocycles. The second kappa shape index (κ2) is 8.35. The maximum Gasteiger partial charge on any atom is 0.257 e. The van der Waals surface area contributed by atoms with Gasteiger partial charge in [-0.2, -0.15) is 0 Å². The minimum atomic E-state index is -0.323. The smallest absolute Gasteiger partial charge is 0.257 e. The molecule has 0 aliphatic carbocycles. The average Bonchev–Trinajstić information content (AvgIpc) is 3.13. The van der Waals surface area contributed by atoms with E-state index in [1.165, 1.54) is 0 Å². The summed E-state index contributed by atoms with van der Waals surface area (Å²) in [6, 6.07) is 15.8. The molecule has 0 spiro atoms. The molecule has 0 radical (unpaired) electrons. The molecular weight excluding hydrogens is 384 g/mol. The number of anilines is 1. The summed E-state index contributed by atoms with van der Waals surface area (Å²) in [7, 11) is 0. The van der Waals surface area contributed by atoms with Crippen LogP contribution in [-0.2, 0) is 6.61 Å². The summed E-state index contributed by atoms with van der Waals surface area (Å²) < 4.78 is 5.56. The lowest BCUT2D eigenvalue weighted by Gasteiger charge is -2.13. The molecule has 7 heteroatoms. The van der Waals surface area contributed by atoms with E-state index in [0.29, 0.717) is 22.1 Å². The molecule has 3 aromatic rings. The Morgan fingerprint density at radius 3 is 2.56 bits per heavy atom. The Bertz CT molecular complexity index is 983. The summed E-state index contributed by atoms with van der Waals surface area (Å²) in [5.41, 5.74) is 2.99. The highest BCUT2D eigenvalue weighted by molar-refractivity contribution is 7.80. The third kappa shape index (κ3) is 4.74. The standard InChI is InChI=1S/C20H17ClN2O3S/c1-12-2-3-14(18-9-8-16(11-24)26-18)10-17(12)22-20(27)23-19(25)13-4-6-15(21)7-5-13/h2-10,24H,11H2,1H3,(H2,22,23,25,27). The number of hydrogen-bond donors (Lipinski definition) is 3. The van der Waals surface area contributed by atoms with E-state index in [0.717, 1.165) is 16.8 Å². The van der Waals surface area contributed by atoms with E-state index in [2.05, 4.69) is 10.6 Å². The Labute approximate surface area is 167 Å². The van der Waals surface area contributed by atoms with Crippen molar-refractivity contribution in [2.75, 3.05) is 5.32 Å². The van der Waals surface area contributed by atoms with Crippen molar-refractivity contribution in [2.45, 2.75) is 13.5 Å². The number of benzene rings is 2. The van der Waals surface area contributed by atoms with Gasteiger partial charge in [0.2, 0.25) is 0 Å². The molecule has 2 aromatic carbocycles. The van der Waals surface area contributed by atoms with Gasteiger partial charge >= 0.3 is 0 Å². The van der Waals surface area contributed by atoms with Crippen molar-refractivity contribution in [1.82, 2.24) is 5.32 Å². The first-order valence-corrected chi connectivity index (χ1v) is 8.93. The van der Waals surface area contributed by atoms with Gasteiger partial charge in [0.25, 0.3) is 5.91 Å². The second-order valence-electron chi connectivity index (χ2n) is 5.87. The molecule has 0 aliphatic heterocycles. The summed E-state index contributed by atoms with van der Waals surface area (Å²) in [5, 5.41) is 15.6. The highest BCUT2D eigenvalue weighted by Gasteiger charge is 2.11. The largest absolute Gasteiger partial charge is 0.459 e. The molecule has 138 valence electrons. The molecule has 0 bridgehead atoms. The third-order valence-corrected chi connectivity index (χ3v) is 4.38. The van der Waals surface area contributed by atoms with Gasteiger partial charge in [0.05, 0.1) is 0 Å². The SMILES string of the molecule is Cc1ccc(-c2ccc(CO)o2)cc1NC(=S)NC(=O)c1ccc(Cl)cc1. The van der Waals surface area contributed by atoms with Crippen LogP contribution in [0.15, 0.2) is 59.0 Å². The van der Waals surface area contributed by atoms with Crippen molar-refractivity contribution in [3.8, 4) is 11.3 Å². The monoisotopic (exact) mass is 400 g/mol. The van der Waals surface area contributed by atoms with Gasteiger partial charge in [-0.1, -0.05) is 23.7 Å². The Morgan fingerprint density at radius 2 is 1.89 bits per heavy atom. The number of aliphatic hydroxyl groups excluding tert-OH is 1. The van der Waals surface area contributed by atoms with Gasteiger partial charge in [-0.15, -0.1) is 0 Å². The minimum Gasteiger partial charge on any atom is -0.459 e. The van der Waals surface area contributed by atoms with Crippen molar-refractivity contribution >= 4 is 40.5 Å². The maximum absolute atomic E-state index is 12.2. The van der Waals surface area contributed by atoms with Crippen LogP contribution in [0.3, 0.4) is 0 Å². The molecule has 0 saturated carbocycles. The van der Waals surface area contributed by atoms with E-state index in [9.17, 15) is 4.79 Å². The van der Waals surface area contributed by atoms with E-state index in [4.69, 9.17) is 33.3 Å². The highest BCUT2D eigenvalue weighted by atomic mass is 35.5. The number of nitrogens with one attached hydrogen (secondary N) is 2. The Kier molecular flexibility index (Phi) is 5.91. The van der Waals surface area contributed by atoms with Crippen molar-refractivity contribution < 1.29 is 14.3 Å². The average molecular weight is 401 g/mol. The van der Waals surface area contributed by atoms with Gasteiger partial charge in [-0.05, 0) is 67.2 Å². The van der Waals surface area contributed by atoms with Crippen molar-refractivity contribution in [1.29, 1.82) is 0 Å². The van der Waals surface area contributed by atoms with Crippen LogP contribution < -0.4 is 10.6 Å². The van der Waals surface area contributed by atoms with Gasteiger partial charge in [-0.3, -0.25) is 10.1 Å². The summed E-state index contributed by atoms with van der Waals surface area (Å²) in [6.07, 6.45) is 0. The van der Waals surface area contributed by atoms with Crippen molar-refractivity contribution in [3.63, 3.8) is 0 Å². The number of furan rings is 1. The Morgan fingerprint density at radius 1 is 1.15 bits per heavy atom. The zero-order valence-electron chi connectivity index (χ0n) is 14.5. The van der Waals surface area contributed by atoms with Gasteiger partial charge in [0, 0.05) is 21.8 Å². The van der Waals surface area contributed by atoms with Crippen LogP contribution in [0.5, 0.6) is 0 Å². The number of amides is 1. The van der Waals surface area contributed by atoms with E-state index in [1.807, 2.05) is 25.1 Å². The molecule has 0 aliphatic rings. The lowest BCUT2D eigenvalue weighted by atomic mass is 10.1. The highest BCUT2D eigenvalue weighted by Crippen LogP contribution is 2.27. The molecule has 5 nitrogen and oxygen atoms in total. The molecular formula is C20H17ClN2O3S. The van der Waals surface area contributed by atoms with E-state index >= 15 is 0 Å². The fourth-order valence-electron chi connectivity index (χ4n) is 2.46. The quantitative estimate of drug-likeness (QED) is 0.561. The molecule has 0 fully saturated rings. The number of hydrogen-bond acceptors (Lipinski definition) is 4. The predicted molar refractivity (Wildman–Crippen MR) is 110 cm³/mol. The number of carbonyl (C=O) groups is 1. The fraction of sp³-hybridized carbons (Fsp3) is 0.100. The van der Waals surface area contributed by atoms with Gasteiger partial charge in [0.1, 0.15) is 18.1 Å². The number of rotatable bonds is 4. The number of aryl methyl sites for hydroxylation is 1.